The fourth-order valence-electron chi connectivity index (χ4n) is 3.27. The largest absolute Gasteiger partial charge is 0.507 e. The molecule has 0 aliphatic carbocycles. The molecule has 0 radical (unpaired) electrons. The number of carbonyl (C=O) groups is 1. The Morgan fingerprint density at radius 3 is 2.58 bits per heavy atom. The molecule has 24 heavy (non-hydrogen) atoms. The molecule has 4 heteroatoms. The SMILES string of the molecule is Cc1ccc(C(=O)N(C)Cc2ccccc2N2CCCC2)c(O)c1. The minimum Gasteiger partial charge on any atom is -0.507 e. The second kappa shape index (κ2) is 6.95. The summed E-state index contributed by atoms with van der Waals surface area (Å²) in [6, 6.07) is 13.4. The second-order valence-electron chi connectivity index (χ2n) is 6.50. The Morgan fingerprint density at radius 2 is 1.88 bits per heavy atom. The van der Waals surface area contributed by atoms with Gasteiger partial charge < -0.3 is 14.9 Å². The van der Waals surface area contributed by atoms with Crippen molar-refractivity contribution in [2.75, 3.05) is 25.0 Å². The number of nitrogens with zero attached hydrogens (tertiary/aromatic N) is 2. The number of rotatable bonds is 4. The molecule has 1 N–H and O–H groups in total. The van der Waals surface area contributed by atoms with Gasteiger partial charge in [0.15, 0.2) is 0 Å². The molecule has 1 aliphatic heterocycles. The molecule has 1 fully saturated rings. The Balaban J connectivity index is 1.79. The average molecular weight is 324 g/mol. The van der Waals surface area contributed by atoms with Crippen LogP contribution in [0.2, 0.25) is 0 Å². The normalized spacial score (nSPS) is 14.0. The molecule has 1 amide bonds. The molecular formula is C20H24N2O2. The highest BCUT2D eigenvalue weighted by Crippen LogP contribution is 2.26. The molecule has 0 atom stereocenters. The fraction of sp³-hybridized carbons (Fsp3) is 0.350. The Morgan fingerprint density at radius 1 is 1.17 bits per heavy atom. The van der Waals surface area contributed by atoms with E-state index in [1.54, 1.807) is 24.1 Å². The molecule has 1 heterocycles. The van der Waals surface area contributed by atoms with Crippen LogP contribution in [0, 0.1) is 6.92 Å². The van der Waals surface area contributed by atoms with Gasteiger partial charge in [-0.15, -0.1) is 0 Å². The van der Waals surface area contributed by atoms with Gasteiger partial charge in [-0.2, -0.15) is 0 Å². The van der Waals surface area contributed by atoms with Crippen molar-refractivity contribution in [1.82, 2.24) is 4.90 Å². The van der Waals surface area contributed by atoms with Crippen molar-refractivity contribution >= 4 is 11.6 Å². The number of anilines is 1. The van der Waals surface area contributed by atoms with E-state index >= 15 is 0 Å². The number of phenols is 1. The third-order valence-electron chi connectivity index (χ3n) is 4.58. The minimum atomic E-state index is -0.163. The molecule has 0 aromatic heterocycles. The van der Waals surface area contributed by atoms with Gasteiger partial charge in [0.1, 0.15) is 5.75 Å². The summed E-state index contributed by atoms with van der Waals surface area (Å²) in [5, 5.41) is 10.0. The lowest BCUT2D eigenvalue weighted by Gasteiger charge is -2.24. The Kier molecular flexibility index (Phi) is 4.74. The number of hydrogen-bond acceptors (Lipinski definition) is 3. The molecule has 1 saturated heterocycles. The number of hydrogen-bond donors (Lipinski definition) is 1. The summed E-state index contributed by atoms with van der Waals surface area (Å²) in [7, 11) is 1.78. The van der Waals surface area contributed by atoms with E-state index in [4.69, 9.17) is 0 Å². The van der Waals surface area contributed by atoms with Crippen LogP contribution in [-0.4, -0.2) is 36.1 Å². The number of para-hydroxylation sites is 1. The summed E-state index contributed by atoms with van der Waals surface area (Å²) in [4.78, 5) is 16.7. The van der Waals surface area contributed by atoms with Gasteiger partial charge in [0.05, 0.1) is 5.56 Å². The third kappa shape index (κ3) is 3.37. The van der Waals surface area contributed by atoms with E-state index < -0.39 is 0 Å². The zero-order chi connectivity index (χ0) is 17.1. The number of carbonyl (C=O) groups excluding carboxylic acids is 1. The van der Waals surface area contributed by atoms with Crippen molar-refractivity contribution in [2.45, 2.75) is 26.3 Å². The Labute approximate surface area is 143 Å². The molecule has 0 unspecified atom stereocenters. The van der Waals surface area contributed by atoms with E-state index in [1.165, 1.54) is 18.5 Å². The number of aromatic hydroxyl groups is 1. The van der Waals surface area contributed by atoms with Crippen LogP contribution in [0.15, 0.2) is 42.5 Å². The van der Waals surface area contributed by atoms with Crippen LogP contribution in [0.1, 0.15) is 34.3 Å². The highest BCUT2D eigenvalue weighted by molar-refractivity contribution is 5.96. The smallest absolute Gasteiger partial charge is 0.257 e. The van der Waals surface area contributed by atoms with Crippen LogP contribution in [0.5, 0.6) is 5.75 Å². The predicted octanol–water partition coefficient (Wildman–Crippen LogP) is 3.57. The standard InChI is InChI=1S/C20H24N2O2/c1-15-9-10-17(19(23)13-15)20(24)21(2)14-16-7-3-4-8-18(16)22-11-5-6-12-22/h3-4,7-10,13,23H,5-6,11-12,14H2,1-2H3. The maximum Gasteiger partial charge on any atom is 0.257 e. The van der Waals surface area contributed by atoms with Crippen LogP contribution < -0.4 is 4.90 Å². The van der Waals surface area contributed by atoms with Crippen molar-refractivity contribution in [2.24, 2.45) is 0 Å². The summed E-state index contributed by atoms with van der Waals surface area (Å²) in [5.74, 6) is -0.122. The van der Waals surface area contributed by atoms with E-state index in [0.29, 0.717) is 12.1 Å². The molecule has 0 bridgehead atoms. The Bertz CT molecular complexity index is 736. The number of aryl methyl sites for hydroxylation is 1. The first-order valence-corrected chi connectivity index (χ1v) is 8.44. The van der Waals surface area contributed by atoms with Gasteiger partial charge in [0, 0.05) is 32.4 Å². The maximum atomic E-state index is 12.7. The van der Waals surface area contributed by atoms with Crippen LogP contribution in [0.3, 0.4) is 0 Å². The quantitative estimate of drug-likeness (QED) is 0.935. The zero-order valence-corrected chi connectivity index (χ0v) is 14.3. The zero-order valence-electron chi connectivity index (χ0n) is 14.3. The van der Waals surface area contributed by atoms with E-state index in [0.717, 1.165) is 24.2 Å². The lowest BCUT2D eigenvalue weighted by Crippen LogP contribution is -2.28. The first-order chi connectivity index (χ1) is 11.6. The van der Waals surface area contributed by atoms with Crippen molar-refractivity contribution in [3.05, 3.63) is 59.2 Å². The van der Waals surface area contributed by atoms with Crippen molar-refractivity contribution in [1.29, 1.82) is 0 Å². The van der Waals surface area contributed by atoms with E-state index in [-0.39, 0.29) is 11.7 Å². The lowest BCUT2D eigenvalue weighted by molar-refractivity contribution is 0.0782. The molecule has 2 aromatic rings. The topological polar surface area (TPSA) is 43.8 Å². The maximum absolute atomic E-state index is 12.7. The first kappa shape index (κ1) is 16.4. The molecule has 2 aromatic carbocycles. The minimum absolute atomic E-state index is 0.0414. The van der Waals surface area contributed by atoms with Gasteiger partial charge in [0.2, 0.25) is 0 Å². The van der Waals surface area contributed by atoms with Gasteiger partial charge in [-0.1, -0.05) is 24.3 Å². The number of amides is 1. The van der Waals surface area contributed by atoms with Crippen molar-refractivity contribution < 1.29 is 9.90 Å². The van der Waals surface area contributed by atoms with E-state index in [1.807, 2.05) is 25.1 Å². The van der Waals surface area contributed by atoms with Gasteiger partial charge in [-0.05, 0) is 49.1 Å². The number of phenolic OH excluding ortho intramolecular Hbond substituents is 1. The molecule has 126 valence electrons. The summed E-state index contributed by atoms with van der Waals surface area (Å²) in [6.07, 6.45) is 2.45. The second-order valence-corrected chi connectivity index (χ2v) is 6.50. The molecule has 1 aliphatic rings. The van der Waals surface area contributed by atoms with Gasteiger partial charge in [-0.25, -0.2) is 0 Å². The molecule has 0 saturated carbocycles. The molecule has 0 spiro atoms. The van der Waals surface area contributed by atoms with Crippen LogP contribution >= 0.6 is 0 Å². The van der Waals surface area contributed by atoms with Crippen LogP contribution in [0.4, 0.5) is 5.69 Å². The lowest BCUT2D eigenvalue weighted by atomic mass is 10.1. The monoisotopic (exact) mass is 324 g/mol. The fourth-order valence-corrected chi connectivity index (χ4v) is 3.27. The van der Waals surface area contributed by atoms with Gasteiger partial charge >= 0.3 is 0 Å². The predicted molar refractivity (Wildman–Crippen MR) is 96.5 cm³/mol. The summed E-state index contributed by atoms with van der Waals surface area (Å²) in [6.45, 7) is 4.57. The van der Waals surface area contributed by atoms with Gasteiger partial charge in [-0.3, -0.25) is 4.79 Å². The van der Waals surface area contributed by atoms with E-state index in [2.05, 4.69) is 17.0 Å². The third-order valence-corrected chi connectivity index (χ3v) is 4.58. The summed E-state index contributed by atoms with van der Waals surface area (Å²) < 4.78 is 0. The summed E-state index contributed by atoms with van der Waals surface area (Å²) in [5.41, 5.74) is 3.64. The summed E-state index contributed by atoms with van der Waals surface area (Å²) >= 11 is 0. The molecule has 3 rings (SSSR count). The molecule has 4 nitrogen and oxygen atoms in total. The average Bonchev–Trinajstić information content (AvgIpc) is 3.09. The van der Waals surface area contributed by atoms with Gasteiger partial charge in [0.25, 0.3) is 5.91 Å². The highest BCUT2D eigenvalue weighted by Gasteiger charge is 2.19. The van der Waals surface area contributed by atoms with Crippen LogP contribution in [-0.2, 0) is 6.54 Å². The Hall–Kier alpha value is -2.49. The number of benzene rings is 2. The van der Waals surface area contributed by atoms with Crippen molar-refractivity contribution in [3.8, 4) is 5.75 Å². The highest BCUT2D eigenvalue weighted by atomic mass is 16.3. The van der Waals surface area contributed by atoms with E-state index in [9.17, 15) is 9.90 Å². The van der Waals surface area contributed by atoms with Crippen LogP contribution in [0.25, 0.3) is 0 Å². The first-order valence-electron chi connectivity index (χ1n) is 8.44. The van der Waals surface area contributed by atoms with Crippen molar-refractivity contribution in [3.63, 3.8) is 0 Å². The molecular weight excluding hydrogens is 300 g/mol.